The van der Waals surface area contributed by atoms with Crippen LogP contribution in [-0.4, -0.2) is 64.3 Å². The Morgan fingerprint density at radius 1 is 1.35 bits per heavy atom. The highest BCUT2D eigenvalue weighted by Gasteiger charge is 2.20. The van der Waals surface area contributed by atoms with Gasteiger partial charge in [-0.25, -0.2) is 0 Å². The average molecular weight is 279 g/mol. The van der Waals surface area contributed by atoms with Gasteiger partial charge in [-0.15, -0.1) is 0 Å². The molecule has 1 amide bonds. The van der Waals surface area contributed by atoms with Crippen LogP contribution >= 0.6 is 0 Å². The SMILES string of the molecule is Cc1cc(NC(=O)CN2CCN(C(C)C)CC2)n(C)n1. The predicted molar refractivity (Wildman–Crippen MR) is 79.7 cm³/mol. The van der Waals surface area contributed by atoms with Gasteiger partial charge >= 0.3 is 0 Å². The van der Waals surface area contributed by atoms with Gasteiger partial charge in [0.25, 0.3) is 0 Å². The zero-order chi connectivity index (χ0) is 14.7. The Bertz CT molecular complexity index is 460. The van der Waals surface area contributed by atoms with E-state index in [1.165, 1.54) is 0 Å². The molecule has 1 aromatic rings. The van der Waals surface area contributed by atoms with E-state index < -0.39 is 0 Å². The quantitative estimate of drug-likeness (QED) is 0.881. The number of aryl methyl sites for hydroxylation is 2. The molecule has 6 heteroatoms. The number of carbonyl (C=O) groups excluding carboxylic acids is 1. The maximum absolute atomic E-state index is 12.1. The van der Waals surface area contributed by atoms with Crippen LogP contribution in [0.1, 0.15) is 19.5 Å². The number of hydrogen-bond donors (Lipinski definition) is 1. The first kappa shape index (κ1) is 15.0. The Hall–Kier alpha value is -1.40. The van der Waals surface area contributed by atoms with Crippen LogP contribution in [0.2, 0.25) is 0 Å². The monoisotopic (exact) mass is 279 g/mol. The van der Waals surface area contributed by atoms with Crippen molar-refractivity contribution in [3.05, 3.63) is 11.8 Å². The van der Waals surface area contributed by atoms with Gasteiger partial charge in [0.2, 0.25) is 5.91 Å². The van der Waals surface area contributed by atoms with Crippen molar-refractivity contribution in [2.45, 2.75) is 26.8 Å². The van der Waals surface area contributed by atoms with E-state index in [1.807, 2.05) is 20.0 Å². The van der Waals surface area contributed by atoms with Crippen molar-refractivity contribution >= 4 is 11.7 Å². The van der Waals surface area contributed by atoms with E-state index in [1.54, 1.807) is 4.68 Å². The van der Waals surface area contributed by atoms with Crippen molar-refractivity contribution in [2.75, 3.05) is 38.0 Å². The number of hydrogen-bond acceptors (Lipinski definition) is 4. The molecule has 0 atom stereocenters. The minimum Gasteiger partial charge on any atom is -0.310 e. The van der Waals surface area contributed by atoms with Gasteiger partial charge in [-0.2, -0.15) is 5.10 Å². The van der Waals surface area contributed by atoms with Crippen LogP contribution in [-0.2, 0) is 11.8 Å². The summed E-state index contributed by atoms with van der Waals surface area (Å²) in [5.74, 6) is 0.791. The van der Waals surface area contributed by atoms with Crippen molar-refractivity contribution in [2.24, 2.45) is 7.05 Å². The van der Waals surface area contributed by atoms with Crippen molar-refractivity contribution in [1.29, 1.82) is 0 Å². The van der Waals surface area contributed by atoms with E-state index in [4.69, 9.17) is 0 Å². The number of amides is 1. The van der Waals surface area contributed by atoms with Gasteiger partial charge in [0.1, 0.15) is 5.82 Å². The number of aromatic nitrogens is 2. The predicted octanol–water partition coefficient (Wildman–Crippen LogP) is 0.693. The first-order valence-electron chi connectivity index (χ1n) is 7.22. The lowest BCUT2D eigenvalue weighted by molar-refractivity contribution is -0.117. The summed E-state index contributed by atoms with van der Waals surface area (Å²) >= 11 is 0. The lowest BCUT2D eigenvalue weighted by Gasteiger charge is -2.36. The topological polar surface area (TPSA) is 53.4 Å². The number of piperazine rings is 1. The molecule has 0 aliphatic carbocycles. The summed E-state index contributed by atoms with van der Waals surface area (Å²) < 4.78 is 1.70. The minimum atomic E-state index is 0.0333. The Morgan fingerprint density at radius 3 is 2.50 bits per heavy atom. The second-order valence-electron chi connectivity index (χ2n) is 5.75. The first-order chi connectivity index (χ1) is 9.45. The van der Waals surface area contributed by atoms with Gasteiger partial charge in [0.15, 0.2) is 0 Å². The van der Waals surface area contributed by atoms with Crippen LogP contribution in [0.4, 0.5) is 5.82 Å². The highest BCUT2D eigenvalue weighted by molar-refractivity contribution is 5.91. The second-order valence-corrected chi connectivity index (χ2v) is 5.75. The summed E-state index contributed by atoms with van der Waals surface area (Å²) in [5.41, 5.74) is 0.911. The van der Waals surface area contributed by atoms with E-state index in [2.05, 4.69) is 34.1 Å². The summed E-state index contributed by atoms with van der Waals surface area (Å²) in [4.78, 5) is 16.7. The molecular formula is C14H25N5O. The van der Waals surface area contributed by atoms with E-state index >= 15 is 0 Å². The molecule has 1 saturated heterocycles. The van der Waals surface area contributed by atoms with Crippen LogP contribution in [0.25, 0.3) is 0 Å². The largest absolute Gasteiger partial charge is 0.310 e. The molecular weight excluding hydrogens is 254 g/mol. The van der Waals surface area contributed by atoms with Gasteiger partial charge < -0.3 is 5.32 Å². The van der Waals surface area contributed by atoms with Crippen molar-refractivity contribution < 1.29 is 4.79 Å². The molecule has 6 nitrogen and oxygen atoms in total. The van der Waals surface area contributed by atoms with E-state index in [-0.39, 0.29) is 5.91 Å². The summed E-state index contributed by atoms with van der Waals surface area (Å²) in [6.07, 6.45) is 0. The lowest BCUT2D eigenvalue weighted by atomic mass is 10.2. The second kappa shape index (κ2) is 6.37. The van der Waals surface area contributed by atoms with E-state index in [0.717, 1.165) is 37.7 Å². The molecule has 20 heavy (non-hydrogen) atoms. The Labute approximate surface area is 120 Å². The molecule has 0 bridgehead atoms. The molecule has 112 valence electrons. The number of carbonyl (C=O) groups is 1. The van der Waals surface area contributed by atoms with Gasteiger partial charge in [0.05, 0.1) is 12.2 Å². The Kier molecular flexibility index (Phi) is 4.77. The molecule has 0 spiro atoms. The van der Waals surface area contributed by atoms with Gasteiger partial charge in [-0.3, -0.25) is 19.3 Å². The van der Waals surface area contributed by atoms with E-state index in [0.29, 0.717) is 12.6 Å². The van der Waals surface area contributed by atoms with Crippen molar-refractivity contribution in [3.8, 4) is 0 Å². The highest BCUT2D eigenvalue weighted by Crippen LogP contribution is 2.09. The van der Waals surface area contributed by atoms with Crippen molar-refractivity contribution in [3.63, 3.8) is 0 Å². The molecule has 2 heterocycles. The number of nitrogens with one attached hydrogen (secondary N) is 1. The molecule has 1 aliphatic heterocycles. The van der Waals surface area contributed by atoms with E-state index in [9.17, 15) is 4.79 Å². The number of anilines is 1. The molecule has 1 aliphatic rings. The van der Waals surface area contributed by atoms with Crippen LogP contribution in [0.5, 0.6) is 0 Å². The maximum Gasteiger partial charge on any atom is 0.239 e. The third-order valence-corrected chi connectivity index (χ3v) is 3.77. The summed E-state index contributed by atoms with van der Waals surface area (Å²) in [5, 5.41) is 7.14. The normalized spacial score (nSPS) is 17.6. The van der Waals surface area contributed by atoms with Gasteiger partial charge in [-0.1, -0.05) is 0 Å². The molecule has 0 unspecified atom stereocenters. The summed E-state index contributed by atoms with van der Waals surface area (Å²) in [6.45, 7) is 10.8. The smallest absolute Gasteiger partial charge is 0.239 e. The number of nitrogens with zero attached hydrogens (tertiary/aromatic N) is 4. The third-order valence-electron chi connectivity index (χ3n) is 3.77. The zero-order valence-corrected chi connectivity index (χ0v) is 12.9. The fourth-order valence-electron chi connectivity index (χ4n) is 2.55. The molecule has 0 aromatic carbocycles. The lowest BCUT2D eigenvalue weighted by Crippen LogP contribution is -2.50. The average Bonchev–Trinajstić information content (AvgIpc) is 2.68. The fourth-order valence-corrected chi connectivity index (χ4v) is 2.55. The van der Waals surface area contributed by atoms with Crippen LogP contribution in [0.15, 0.2) is 6.07 Å². The van der Waals surface area contributed by atoms with Gasteiger partial charge in [-0.05, 0) is 20.8 Å². The standard InChI is InChI=1S/C14H25N5O/c1-11(2)19-7-5-18(6-8-19)10-14(20)15-13-9-12(3)16-17(13)4/h9,11H,5-8,10H2,1-4H3,(H,15,20). The molecule has 1 aromatic heterocycles. The van der Waals surface area contributed by atoms with Crippen LogP contribution in [0, 0.1) is 6.92 Å². The summed E-state index contributed by atoms with van der Waals surface area (Å²) in [6, 6.07) is 2.47. The van der Waals surface area contributed by atoms with Crippen molar-refractivity contribution in [1.82, 2.24) is 19.6 Å². The molecule has 0 radical (unpaired) electrons. The highest BCUT2D eigenvalue weighted by atomic mass is 16.2. The van der Waals surface area contributed by atoms with Crippen LogP contribution in [0.3, 0.4) is 0 Å². The number of rotatable bonds is 4. The molecule has 0 saturated carbocycles. The summed E-state index contributed by atoms with van der Waals surface area (Å²) in [7, 11) is 1.84. The maximum atomic E-state index is 12.1. The molecule has 2 rings (SSSR count). The Morgan fingerprint density at radius 2 is 2.00 bits per heavy atom. The van der Waals surface area contributed by atoms with Gasteiger partial charge in [0, 0.05) is 45.3 Å². The first-order valence-corrected chi connectivity index (χ1v) is 7.22. The Balaban J connectivity index is 1.80. The van der Waals surface area contributed by atoms with Crippen LogP contribution < -0.4 is 5.32 Å². The minimum absolute atomic E-state index is 0.0333. The fraction of sp³-hybridized carbons (Fsp3) is 0.714. The molecule has 1 N–H and O–H groups in total. The third kappa shape index (κ3) is 3.80. The zero-order valence-electron chi connectivity index (χ0n) is 12.9. The molecule has 1 fully saturated rings.